The van der Waals surface area contributed by atoms with E-state index in [1.54, 1.807) is 0 Å². The van der Waals surface area contributed by atoms with Crippen molar-refractivity contribution in [2.75, 3.05) is 0 Å². The summed E-state index contributed by atoms with van der Waals surface area (Å²) in [6.07, 6.45) is 0.988. The van der Waals surface area contributed by atoms with Crippen LogP contribution in [0.2, 0.25) is 0 Å². The van der Waals surface area contributed by atoms with Gasteiger partial charge < -0.3 is 5.11 Å². The molecule has 1 rings (SSSR count). The molecule has 0 aliphatic carbocycles. The number of aliphatic hydroxyl groups is 1. The summed E-state index contributed by atoms with van der Waals surface area (Å²) in [6, 6.07) is 1.21. The predicted molar refractivity (Wildman–Crippen MR) is 60.0 cm³/mol. The van der Waals surface area contributed by atoms with Crippen molar-refractivity contribution in [1.29, 1.82) is 0 Å². The van der Waals surface area contributed by atoms with E-state index in [-0.39, 0.29) is 11.5 Å². The highest BCUT2D eigenvalue weighted by Gasteiger charge is 2.19. The minimum atomic E-state index is -1.24. The summed E-state index contributed by atoms with van der Waals surface area (Å²) in [4.78, 5) is 0. The zero-order valence-electron chi connectivity index (χ0n) is 10.0. The summed E-state index contributed by atoms with van der Waals surface area (Å²) in [5.41, 5.74) is -0.171. The molecule has 0 radical (unpaired) electrons. The first kappa shape index (κ1) is 14.0. The van der Waals surface area contributed by atoms with Gasteiger partial charge >= 0.3 is 0 Å². The van der Waals surface area contributed by atoms with Crippen molar-refractivity contribution in [2.24, 2.45) is 5.92 Å². The quantitative estimate of drug-likeness (QED) is 0.779. The standard InChI is InChI=1S/C13H17F3O/c1-3-8(4-2)5-13(17)9-6-11(15)12(16)7-10(9)14/h6-8,13,17H,3-5H2,1-2H3. The summed E-state index contributed by atoms with van der Waals surface area (Å²) in [7, 11) is 0. The average molecular weight is 246 g/mol. The molecule has 0 fully saturated rings. The van der Waals surface area contributed by atoms with Gasteiger partial charge in [0.15, 0.2) is 11.6 Å². The Morgan fingerprint density at radius 1 is 1.00 bits per heavy atom. The number of hydrogen-bond acceptors (Lipinski definition) is 1. The van der Waals surface area contributed by atoms with Crippen LogP contribution in [0.15, 0.2) is 12.1 Å². The van der Waals surface area contributed by atoms with Gasteiger partial charge in [0.2, 0.25) is 0 Å². The summed E-state index contributed by atoms with van der Waals surface area (Å²) in [6.45, 7) is 3.95. The molecule has 1 aromatic carbocycles. The fourth-order valence-corrected chi connectivity index (χ4v) is 1.86. The van der Waals surface area contributed by atoms with Gasteiger partial charge in [-0.3, -0.25) is 0 Å². The zero-order chi connectivity index (χ0) is 13.0. The van der Waals surface area contributed by atoms with E-state index in [1.165, 1.54) is 0 Å². The van der Waals surface area contributed by atoms with E-state index in [2.05, 4.69) is 0 Å². The molecule has 0 heterocycles. The molecule has 0 bridgehead atoms. The molecule has 0 aromatic heterocycles. The van der Waals surface area contributed by atoms with Crippen molar-refractivity contribution in [3.05, 3.63) is 35.1 Å². The molecular weight excluding hydrogens is 229 g/mol. The second kappa shape index (κ2) is 6.05. The van der Waals surface area contributed by atoms with Crippen LogP contribution in [0.4, 0.5) is 13.2 Å². The van der Waals surface area contributed by atoms with Gasteiger partial charge in [0.05, 0.1) is 6.10 Å². The van der Waals surface area contributed by atoms with Crippen LogP contribution in [0.1, 0.15) is 44.8 Å². The number of halogens is 3. The summed E-state index contributed by atoms with van der Waals surface area (Å²) in [5.74, 6) is -3.02. The molecular formula is C13H17F3O. The molecule has 0 aliphatic rings. The summed E-state index contributed by atoms with van der Waals surface area (Å²) in [5, 5.41) is 9.82. The zero-order valence-corrected chi connectivity index (χ0v) is 10.0. The minimum absolute atomic E-state index is 0.171. The molecule has 1 aromatic rings. The molecule has 0 spiro atoms. The Balaban J connectivity index is 2.88. The molecule has 1 N–H and O–H groups in total. The third-order valence-electron chi connectivity index (χ3n) is 3.11. The molecule has 0 saturated carbocycles. The first-order valence-electron chi connectivity index (χ1n) is 5.82. The van der Waals surface area contributed by atoms with E-state index < -0.39 is 23.6 Å². The fraction of sp³-hybridized carbons (Fsp3) is 0.538. The predicted octanol–water partition coefficient (Wildman–Crippen LogP) is 3.96. The second-order valence-electron chi connectivity index (χ2n) is 4.22. The number of benzene rings is 1. The third kappa shape index (κ3) is 3.46. The fourth-order valence-electron chi connectivity index (χ4n) is 1.86. The van der Waals surface area contributed by atoms with Gasteiger partial charge in [-0.15, -0.1) is 0 Å². The van der Waals surface area contributed by atoms with Crippen LogP contribution in [0, 0.1) is 23.4 Å². The van der Waals surface area contributed by atoms with E-state index in [0.717, 1.165) is 18.9 Å². The van der Waals surface area contributed by atoms with Gasteiger partial charge in [-0.25, -0.2) is 13.2 Å². The molecule has 17 heavy (non-hydrogen) atoms. The maximum absolute atomic E-state index is 13.4. The molecule has 0 amide bonds. The molecule has 96 valence electrons. The van der Waals surface area contributed by atoms with Gasteiger partial charge in [0.25, 0.3) is 0 Å². The summed E-state index contributed by atoms with van der Waals surface area (Å²) < 4.78 is 39.1. The van der Waals surface area contributed by atoms with Crippen molar-refractivity contribution in [3.63, 3.8) is 0 Å². The average Bonchev–Trinajstić information content (AvgIpc) is 2.30. The highest BCUT2D eigenvalue weighted by atomic mass is 19.2. The molecule has 4 heteroatoms. The SMILES string of the molecule is CCC(CC)CC(O)c1cc(F)c(F)cc1F. The van der Waals surface area contributed by atoms with Gasteiger partial charge in [0, 0.05) is 11.6 Å². The van der Waals surface area contributed by atoms with E-state index >= 15 is 0 Å². The molecule has 0 saturated heterocycles. The van der Waals surface area contributed by atoms with Crippen LogP contribution in [-0.2, 0) is 0 Å². The van der Waals surface area contributed by atoms with Crippen molar-refractivity contribution >= 4 is 0 Å². The molecule has 1 nitrogen and oxygen atoms in total. The largest absolute Gasteiger partial charge is 0.388 e. The van der Waals surface area contributed by atoms with Crippen molar-refractivity contribution in [2.45, 2.75) is 39.2 Å². The maximum atomic E-state index is 13.4. The van der Waals surface area contributed by atoms with Crippen molar-refractivity contribution in [3.8, 4) is 0 Å². The smallest absolute Gasteiger partial charge is 0.161 e. The Bertz CT molecular complexity index is 375. The number of hydrogen-bond donors (Lipinski definition) is 1. The highest BCUT2D eigenvalue weighted by Crippen LogP contribution is 2.28. The summed E-state index contributed by atoms with van der Waals surface area (Å²) >= 11 is 0. The van der Waals surface area contributed by atoms with Gasteiger partial charge in [0.1, 0.15) is 5.82 Å². The first-order chi connectivity index (χ1) is 7.99. The Hall–Kier alpha value is -1.03. The minimum Gasteiger partial charge on any atom is -0.388 e. The van der Waals surface area contributed by atoms with Crippen molar-refractivity contribution in [1.82, 2.24) is 0 Å². The second-order valence-corrected chi connectivity index (χ2v) is 4.22. The monoisotopic (exact) mass is 246 g/mol. The van der Waals surface area contributed by atoms with E-state index in [0.29, 0.717) is 12.5 Å². The Kier molecular flexibility index (Phi) is 5.00. The Morgan fingerprint density at radius 3 is 2.06 bits per heavy atom. The van der Waals surface area contributed by atoms with Gasteiger partial charge in [-0.2, -0.15) is 0 Å². The van der Waals surface area contributed by atoms with Gasteiger partial charge in [-0.1, -0.05) is 26.7 Å². The van der Waals surface area contributed by atoms with Gasteiger partial charge in [-0.05, 0) is 18.4 Å². The lowest BCUT2D eigenvalue weighted by Crippen LogP contribution is -2.08. The lowest BCUT2D eigenvalue weighted by Gasteiger charge is -2.18. The normalized spacial score (nSPS) is 13.1. The van der Waals surface area contributed by atoms with E-state index in [4.69, 9.17) is 0 Å². The third-order valence-corrected chi connectivity index (χ3v) is 3.11. The lowest BCUT2D eigenvalue weighted by molar-refractivity contribution is 0.136. The lowest BCUT2D eigenvalue weighted by atomic mass is 9.92. The van der Waals surface area contributed by atoms with E-state index in [9.17, 15) is 18.3 Å². The van der Waals surface area contributed by atoms with Crippen LogP contribution in [-0.4, -0.2) is 5.11 Å². The van der Waals surface area contributed by atoms with Crippen molar-refractivity contribution < 1.29 is 18.3 Å². The van der Waals surface area contributed by atoms with Crippen LogP contribution < -0.4 is 0 Å². The molecule has 0 aliphatic heterocycles. The maximum Gasteiger partial charge on any atom is 0.161 e. The van der Waals surface area contributed by atoms with Crippen LogP contribution in [0.25, 0.3) is 0 Å². The highest BCUT2D eigenvalue weighted by molar-refractivity contribution is 5.22. The topological polar surface area (TPSA) is 20.2 Å². The first-order valence-corrected chi connectivity index (χ1v) is 5.82. The van der Waals surface area contributed by atoms with Crippen LogP contribution in [0.5, 0.6) is 0 Å². The molecule has 1 atom stereocenters. The number of rotatable bonds is 5. The number of aliphatic hydroxyl groups excluding tert-OH is 1. The molecule has 1 unspecified atom stereocenters. The Labute approximate surface area is 99.3 Å². The van der Waals surface area contributed by atoms with Crippen LogP contribution >= 0.6 is 0 Å². The Morgan fingerprint density at radius 2 is 1.53 bits per heavy atom. The van der Waals surface area contributed by atoms with Crippen LogP contribution in [0.3, 0.4) is 0 Å². The van der Waals surface area contributed by atoms with E-state index in [1.807, 2.05) is 13.8 Å².